The number of hydrogen-bond donors (Lipinski definition) is 1. The molecule has 7 heteroatoms. The summed E-state index contributed by atoms with van der Waals surface area (Å²) in [6.45, 7) is 2.62. The highest BCUT2D eigenvalue weighted by atomic mass is 15.6. The van der Waals surface area contributed by atoms with Crippen LogP contribution in [0.2, 0.25) is 0 Å². The number of anilines is 1. The largest absolute Gasteiger partial charge is 0.349 e. The first-order valence-corrected chi connectivity index (χ1v) is 6.31. The first kappa shape index (κ1) is 12.3. The fourth-order valence-electron chi connectivity index (χ4n) is 2.04. The zero-order valence-electron chi connectivity index (χ0n) is 11.4. The lowest BCUT2D eigenvalue weighted by molar-refractivity contribution is 0.756. The van der Waals surface area contributed by atoms with Gasteiger partial charge in [0, 0.05) is 25.4 Å². The number of aryl methyl sites for hydroxylation is 2. The molecule has 0 bridgehead atoms. The van der Waals surface area contributed by atoms with Gasteiger partial charge in [-0.15, -0.1) is 0 Å². The predicted molar refractivity (Wildman–Crippen MR) is 74.4 cm³/mol. The van der Waals surface area contributed by atoms with Crippen molar-refractivity contribution in [3.8, 4) is 5.69 Å². The van der Waals surface area contributed by atoms with Crippen molar-refractivity contribution in [3.05, 3.63) is 47.8 Å². The molecule has 0 radical (unpaired) electrons. The number of benzene rings is 1. The molecule has 0 atom stereocenters. The minimum absolute atomic E-state index is 0.611. The number of rotatable bonds is 4. The van der Waals surface area contributed by atoms with Gasteiger partial charge in [-0.2, -0.15) is 9.78 Å². The van der Waals surface area contributed by atoms with Crippen molar-refractivity contribution >= 4 is 5.95 Å². The average Bonchev–Trinajstić information content (AvgIpc) is 3.04. The van der Waals surface area contributed by atoms with Crippen LogP contribution >= 0.6 is 0 Å². The van der Waals surface area contributed by atoms with Crippen molar-refractivity contribution < 1.29 is 0 Å². The lowest BCUT2D eigenvalue weighted by atomic mass is 10.3. The van der Waals surface area contributed by atoms with Crippen molar-refractivity contribution in [2.75, 3.05) is 5.32 Å². The van der Waals surface area contributed by atoms with Gasteiger partial charge in [-0.3, -0.25) is 4.68 Å². The van der Waals surface area contributed by atoms with Crippen molar-refractivity contribution in [2.45, 2.75) is 13.5 Å². The number of hydrogen-bond acceptors (Lipinski definition) is 5. The van der Waals surface area contributed by atoms with Gasteiger partial charge in [0.1, 0.15) is 0 Å². The molecule has 1 N–H and O–H groups in total. The van der Waals surface area contributed by atoms with E-state index >= 15 is 0 Å². The number of tetrazole rings is 1. The quantitative estimate of drug-likeness (QED) is 0.773. The van der Waals surface area contributed by atoms with Crippen LogP contribution < -0.4 is 5.32 Å². The summed E-state index contributed by atoms with van der Waals surface area (Å²) in [5.41, 5.74) is 3.04. The first-order chi connectivity index (χ1) is 9.74. The highest BCUT2D eigenvalue weighted by molar-refractivity contribution is 5.39. The van der Waals surface area contributed by atoms with Crippen molar-refractivity contribution in [3.63, 3.8) is 0 Å². The van der Waals surface area contributed by atoms with Crippen LogP contribution in [0, 0.1) is 6.92 Å². The molecule has 3 rings (SSSR count). The van der Waals surface area contributed by atoms with Gasteiger partial charge in [0.05, 0.1) is 11.4 Å². The van der Waals surface area contributed by atoms with Crippen molar-refractivity contribution in [1.29, 1.82) is 0 Å². The van der Waals surface area contributed by atoms with Crippen LogP contribution in [0.4, 0.5) is 5.95 Å². The van der Waals surface area contributed by atoms with E-state index in [1.807, 2.05) is 50.5 Å². The molecule has 0 amide bonds. The van der Waals surface area contributed by atoms with E-state index in [1.165, 1.54) is 0 Å². The number of aromatic nitrogens is 6. The molecular weight excluding hydrogens is 254 g/mol. The maximum absolute atomic E-state index is 4.31. The molecule has 2 aromatic heterocycles. The highest BCUT2D eigenvalue weighted by Crippen LogP contribution is 2.12. The highest BCUT2D eigenvalue weighted by Gasteiger charge is 2.09. The Morgan fingerprint density at radius 1 is 1.20 bits per heavy atom. The average molecular weight is 269 g/mol. The molecule has 0 unspecified atom stereocenters. The zero-order chi connectivity index (χ0) is 13.9. The van der Waals surface area contributed by atoms with Crippen LogP contribution in [-0.2, 0) is 13.6 Å². The van der Waals surface area contributed by atoms with E-state index < -0.39 is 0 Å². The maximum atomic E-state index is 4.31. The third-order valence-electron chi connectivity index (χ3n) is 3.02. The zero-order valence-corrected chi connectivity index (χ0v) is 11.4. The van der Waals surface area contributed by atoms with E-state index in [0.717, 1.165) is 16.9 Å². The van der Waals surface area contributed by atoms with Crippen LogP contribution in [0.5, 0.6) is 0 Å². The molecule has 1 aromatic carbocycles. The molecule has 0 spiro atoms. The molecule has 102 valence electrons. The lowest BCUT2D eigenvalue weighted by Crippen LogP contribution is -2.07. The number of nitrogens with one attached hydrogen (secondary N) is 1. The fourth-order valence-corrected chi connectivity index (χ4v) is 2.04. The minimum atomic E-state index is 0.611. The smallest absolute Gasteiger partial charge is 0.248 e. The van der Waals surface area contributed by atoms with Gasteiger partial charge in [-0.25, -0.2) is 0 Å². The van der Waals surface area contributed by atoms with Gasteiger partial charge in [0.2, 0.25) is 5.95 Å². The van der Waals surface area contributed by atoms with E-state index in [1.54, 1.807) is 9.36 Å². The fraction of sp³-hybridized carbons (Fsp3) is 0.231. The summed E-state index contributed by atoms with van der Waals surface area (Å²) in [7, 11) is 1.91. The molecular formula is C13H15N7. The third kappa shape index (κ3) is 2.37. The molecule has 7 nitrogen and oxygen atoms in total. The normalized spacial score (nSPS) is 10.7. The van der Waals surface area contributed by atoms with Gasteiger partial charge in [0.15, 0.2) is 0 Å². The van der Waals surface area contributed by atoms with E-state index in [9.17, 15) is 0 Å². The molecule has 0 aliphatic carbocycles. The summed E-state index contributed by atoms with van der Waals surface area (Å²) in [5, 5.41) is 19.3. The van der Waals surface area contributed by atoms with Crippen LogP contribution in [0.15, 0.2) is 36.5 Å². The standard InChI is InChI=1S/C13H15N7/c1-10-11(9-19(2)16-10)8-14-13-15-17-18-20(13)12-6-4-3-5-7-12/h3-7,9H,8H2,1-2H3,(H,14,15,18). The van der Waals surface area contributed by atoms with Gasteiger partial charge in [-0.05, 0) is 29.5 Å². The van der Waals surface area contributed by atoms with E-state index in [-0.39, 0.29) is 0 Å². The summed E-state index contributed by atoms with van der Waals surface area (Å²) >= 11 is 0. The van der Waals surface area contributed by atoms with Gasteiger partial charge in [-0.1, -0.05) is 23.3 Å². The number of nitrogens with zero attached hydrogens (tertiary/aromatic N) is 6. The molecule has 0 aliphatic rings. The summed E-state index contributed by atoms with van der Waals surface area (Å²) in [6, 6.07) is 9.77. The third-order valence-corrected chi connectivity index (χ3v) is 3.02. The monoisotopic (exact) mass is 269 g/mol. The maximum Gasteiger partial charge on any atom is 0.248 e. The summed E-state index contributed by atoms with van der Waals surface area (Å²) in [6.07, 6.45) is 1.99. The predicted octanol–water partition coefficient (Wildman–Crippen LogP) is 1.32. The van der Waals surface area contributed by atoms with Crippen LogP contribution in [0.3, 0.4) is 0 Å². The molecule has 0 fully saturated rings. The first-order valence-electron chi connectivity index (χ1n) is 6.31. The Morgan fingerprint density at radius 2 is 2.00 bits per heavy atom. The van der Waals surface area contributed by atoms with Crippen molar-refractivity contribution in [2.24, 2.45) is 7.05 Å². The van der Waals surface area contributed by atoms with Crippen LogP contribution in [0.25, 0.3) is 5.69 Å². The Kier molecular flexibility index (Phi) is 3.16. The summed E-state index contributed by atoms with van der Waals surface area (Å²) in [4.78, 5) is 0. The summed E-state index contributed by atoms with van der Waals surface area (Å²) < 4.78 is 3.47. The molecule has 0 saturated carbocycles. The molecule has 0 saturated heterocycles. The SMILES string of the molecule is Cc1nn(C)cc1CNc1nnnn1-c1ccccc1. The Morgan fingerprint density at radius 3 is 2.70 bits per heavy atom. The topological polar surface area (TPSA) is 73.5 Å². The Balaban J connectivity index is 1.79. The molecule has 0 aliphatic heterocycles. The van der Waals surface area contributed by atoms with Gasteiger partial charge < -0.3 is 5.32 Å². The Labute approximate surface area is 116 Å². The van der Waals surface area contributed by atoms with Crippen LogP contribution in [-0.4, -0.2) is 30.0 Å². The second-order valence-electron chi connectivity index (χ2n) is 4.52. The summed E-state index contributed by atoms with van der Waals surface area (Å²) in [5.74, 6) is 0.611. The van der Waals surface area contributed by atoms with E-state index in [4.69, 9.17) is 0 Å². The van der Waals surface area contributed by atoms with Crippen LogP contribution in [0.1, 0.15) is 11.3 Å². The van der Waals surface area contributed by atoms with E-state index in [2.05, 4.69) is 25.9 Å². The molecule has 3 aromatic rings. The number of para-hydroxylation sites is 1. The Bertz CT molecular complexity index is 699. The van der Waals surface area contributed by atoms with Gasteiger partial charge >= 0.3 is 0 Å². The second-order valence-corrected chi connectivity index (χ2v) is 4.52. The lowest BCUT2D eigenvalue weighted by Gasteiger charge is -2.06. The Hall–Kier alpha value is -2.70. The van der Waals surface area contributed by atoms with Crippen molar-refractivity contribution in [1.82, 2.24) is 30.0 Å². The molecule has 2 heterocycles. The van der Waals surface area contributed by atoms with Gasteiger partial charge in [0.25, 0.3) is 0 Å². The second kappa shape index (κ2) is 5.12. The van der Waals surface area contributed by atoms with E-state index in [0.29, 0.717) is 12.5 Å². The molecule has 20 heavy (non-hydrogen) atoms. The minimum Gasteiger partial charge on any atom is -0.349 e.